The number of amides is 1. The number of carboxylic acid groups (broad SMARTS) is 1. The van der Waals surface area contributed by atoms with Crippen molar-refractivity contribution in [1.29, 1.82) is 0 Å². The van der Waals surface area contributed by atoms with Gasteiger partial charge in [0.25, 0.3) is 0 Å². The van der Waals surface area contributed by atoms with Crippen molar-refractivity contribution in [3.63, 3.8) is 0 Å². The van der Waals surface area contributed by atoms with Gasteiger partial charge in [-0.2, -0.15) is 0 Å². The molecule has 0 aliphatic carbocycles. The van der Waals surface area contributed by atoms with Gasteiger partial charge in [0.2, 0.25) is 0 Å². The largest absolute Gasteiger partial charge is 0.480 e. The summed E-state index contributed by atoms with van der Waals surface area (Å²) in [5, 5.41) is 10.9. The lowest BCUT2D eigenvalue weighted by Gasteiger charge is -2.21. The Bertz CT molecular complexity index is 411. The number of nitrogens with one attached hydrogen (secondary N) is 1. The lowest BCUT2D eigenvalue weighted by Crippen LogP contribution is -2.45. The number of carboxylic acids is 1. The Labute approximate surface area is 110 Å². The number of alkyl carbamates (subject to hydrolysis) is 1. The van der Waals surface area contributed by atoms with Crippen LogP contribution in [0.5, 0.6) is 0 Å². The molecule has 7 nitrogen and oxygen atoms in total. The third-order valence-electron chi connectivity index (χ3n) is 1.44. The molecule has 0 bridgehead atoms. The van der Waals surface area contributed by atoms with E-state index >= 15 is 0 Å². The van der Waals surface area contributed by atoms with E-state index in [1.807, 2.05) is 0 Å². The topological polar surface area (TPSA) is 110 Å². The second-order valence-corrected chi connectivity index (χ2v) is 9.03. The molecule has 0 aliphatic rings. The number of rotatable bonds is 5. The predicted octanol–water partition coefficient (Wildman–Crippen LogP) is 0.657. The average molecular weight is 299 g/mol. The molecule has 106 valence electrons. The van der Waals surface area contributed by atoms with E-state index in [-0.39, 0.29) is 5.75 Å². The highest BCUT2D eigenvalue weighted by Gasteiger charge is 2.25. The van der Waals surface area contributed by atoms with Crippen LogP contribution in [0.1, 0.15) is 20.8 Å². The van der Waals surface area contributed by atoms with Crippen molar-refractivity contribution >= 4 is 31.7 Å². The Morgan fingerprint density at radius 1 is 1.39 bits per heavy atom. The van der Waals surface area contributed by atoms with Gasteiger partial charge in [-0.05, 0) is 31.6 Å². The summed E-state index contributed by atoms with van der Waals surface area (Å²) in [4.78, 5) is 22.2. The van der Waals surface area contributed by atoms with E-state index in [9.17, 15) is 18.0 Å². The summed E-state index contributed by atoms with van der Waals surface area (Å²) in [6.07, 6.45) is 0.0633. The van der Waals surface area contributed by atoms with Crippen molar-refractivity contribution in [3.05, 3.63) is 0 Å². The quantitative estimate of drug-likeness (QED) is 0.717. The van der Waals surface area contributed by atoms with Gasteiger partial charge >= 0.3 is 12.1 Å². The molecular weight excluding hydrogens is 282 g/mol. The van der Waals surface area contributed by atoms with Crippen LogP contribution in [0.15, 0.2) is 0 Å². The molecule has 18 heavy (non-hydrogen) atoms. The van der Waals surface area contributed by atoms with Gasteiger partial charge in [0.15, 0.2) is 8.87 Å². The molecule has 0 radical (unpaired) electrons. The molecular formula is C9H17NO6S2. The molecule has 0 aromatic rings. The van der Waals surface area contributed by atoms with Crippen LogP contribution in [0.4, 0.5) is 4.79 Å². The smallest absolute Gasteiger partial charge is 0.408 e. The Balaban J connectivity index is 4.46. The predicted molar refractivity (Wildman–Crippen MR) is 68.1 cm³/mol. The first-order valence-electron chi connectivity index (χ1n) is 4.97. The number of carbonyl (C=O) groups excluding carboxylic acids is 1. The van der Waals surface area contributed by atoms with Crippen LogP contribution in [-0.4, -0.2) is 49.2 Å². The monoisotopic (exact) mass is 299 g/mol. The summed E-state index contributed by atoms with van der Waals surface area (Å²) in [6.45, 7) is 4.90. The second kappa shape index (κ2) is 6.28. The molecule has 1 amide bonds. The maximum atomic E-state index is 11.3. The van der Waals surface area contributed by atoms with Crippen LogP contribution in [0.2, 0.25) is 0 Å². The summed E-state index contributed by atoms with van der Waals surface area (Å²) < 4.78 is 26.7. The van der Waals surface area contributed by atoms with Gasteiger partial charge in [0, 0.05) is 12.0 Å². The first-order chi connectivity index (χ1) is 7.91. The summed E-state index contributed by atoms with van der Waals surface area (Å²) in [7, 11) is -2.91. The fourth-order valence-corrected chi connectivity index (χ4v) is 2.58. The van der Waals surface area contributed by atoms with Crippen molar-refractivity contribution < 1.29 is 27.9 Å². The van der Waals surface area contributed by atoms with E-state index < -0.39 is 32.6 Å². The minimum absolute atomic E-state index is 0.284. The zero-order valence-electron chi connectivity index (χ0n) is 10.6. The van der Waals surface area contributed by atoms with Gasteiger partial charge in [-0.1, -0.05) is 0 Å². The van der Waals surface area contributed by atoms with Gasteiger partial charge in [-0.15, -0.1) is 0 Å². The number of aliphatic carboxylic acids is 1. The van der Waals surface area contributed by atoms with Gasteiger partial charge in [-0.3, -0.25) is 0 Å². The standard InChI is InChI=1S/C9H17NO6S2/c1-9(2,3)16-8(13)10-6(7(11)12)5-17-18(4,14)15/h6H,5H2,1-4H3,(H,10,13)(H,11,12). The van der Waals surface area contributed by atoms with Crippen molar-refractivity contribution in [2.24, 2.45) is 0 Å². The third-order valence-corrected chi connectivity index (χ3v) is 4.03. The highest BCUT2D eigenvalue weighted by molar-refractivity contribution is 8.71. The first-order valence-corrected chi connectivity index (χ1v) is 8.37. The van der Waals surface area contributed by atoms with Crippen LogP contribution in [0.25, 0.3) is 0 Å². The summed E-state index contributed by atoms with van der Waals surface area (Å²) in [6, 6.07) is -1.32. The second-order valence-electron chi connectivity index (χ2n) is 4.53. The maximum absolute atomic E-state index is 11.3. The summed E-state index contributed by atoms with van der Waals surface area (Å²) in [5.41, 5.74) is -0.753. The van der Waals surface area contributed by atoms with Crippen LogP contribution >= 0.6 is 10.8 Å². The van der Waals surface area contributed by atoms with E-state index in [2.05, 4.69) is 5.32 Å². The van der Waals surface area contributed by atoms with E-state index in [4.69, 9.17) is 9.84 Å². The van der Waals surface area contributed by atoms with Crippen molar-refractivity contribution in [2.75, 3.05) is 12.0 Å². The van der Waals surface area contributed by atoms with Crippen LogP contribution in [0.3, 0.4) is 0 Å². The van der Waals surface area contributed by atoms with E-state index in [0.29, 0.717) is 10.8 Å². The van der Waals surface area contributed by atoms with Gasteiger partial charge in [0.05, 0.1) is 0 Å². The van der Waals surface area contributed by atoms with E-state index in [1.54, 1.807) is 20.8 Å². The minimum Gasteiger partial charge on any atom is -0.480 e. The Morgan fingerprint density at radius 3 is 2.22 bits per heavy atom. The zero-order chi connectivity index (χ0) is 14.6. The van der Waals surface area contributed by atoms with Crippen molar-refractivity contribution in [1.82, 2.24) is 5.32 Å². The van der Waals surface area contributed by atoms with Gasteiger partial charge < -0.3 is 15.2 Å². The SMILES string of the molecule is CC(C)(C)OC(=O)NC(CSS(C)(=O)=O)C(=O)O. The minimum atomic E-state index is -3.36. The fourth-order valence-electron chi connectivity index (χ4n) is 0.816. The van der Waals surface area contributed by atoms with Crippen LogP contribution < -0.4 is 5.32 Å². The Morgan fingerprint density at radius 2 is 1.89 bits per heavy atom. The highest BCUT2D eigenvalue weighted by atomic mass is 33.1. The summed E-state index contributed by atoms with van der Waals surface area (Å²) in [5.74, 6) is -1.61. The molecule has 1 unspecified atom stereocenters. The third kappa shape index (κ3) is 9.11. The molecule has 0 fully saturated rings. The van der Waals surface area contributed by atoms with Crippen LogP contribution in [-0.2, 0) is 18.4 Å². The Kier molecular flexibility index (Phi) is 5.94. The lowest BCUT2D eigenvalue weighted by molar-refractivity contribution is -0.138. The normalized spacial score (nSPS) is 13.8. The Hall–Kier alpha value is -0.960. The molecule has 0 heterocycles. The summed E-state index contributed by atoms with van der Waals surface area (Å²) >= 11 is 0. The molecule has 0 saturated carbocycles. The van der Waals surface area contributed by atoms with E-state index in [1.165, 1.54) is 0 Å². The van der Waals surface area contributed by atoms with E-state index in [0.717, 1.165) is 6.26 Å². The average Bonchev–Trinajstić information content (AvgIpc) is 2.06. The van der Waals surface area contributed by atoms with Crippen LogP contribution in [0, 0.1) is 0 Å². The maximum Gasteiger partial charge on any atom is 0.408 e. The highest BCUT2D eigenvalue weighted by Crippen LogP contribution is 2.12. The van der Waals surface area contributed by atoms with Crippen molar-refractivity contribution in [2.45, 2.75) is 32.4 Å². The molecule has 0 aromatic carbocycles. The lowest BCUT2D eigenvalue weighted by atomic mass is 10.2. The number of ether oxygens (including phenoxy) is 1. The molecule has 0 aromatic heterocycles. The van der Waals surface area contributed by atoms with Crippen molar-refractivity contribution in [3.8, 4) is 0 Å². The molecule has 0 rings (SSSR count). The number of carbonyl (C=O) groups is 2. The van der Waals surface area contributed by atoms with Gasteiger partial charge in [-0.25, -0.2) is 18.0 Å². The first kappa shape index (κ1) is 17.0. The fraction of sp³-hybridized carbons (Fsp3) is 0.778. The number of hydrogen-bond donors (Lipinski definition) is 2. The molecule has 0 aliphatic heterocycles. The molecule has 0 spiro atoms. The molecule has 9 heteroatoms. The molecule has 1 atom stereocenters. The zero-order valence-corrected chi connectivity index (χ0v) is 12.2. The van der Waals surface area contributed by atoms with Gasteiger partial charge in [0.1, 0.15) is 11.6 Å². The number of hydrogen-bond acceptors (Lipinski definition) is 6. The molecule has 0 saturated heterocycles. The molecule has 2 N–H and O–H groups in total.